The van der Waals surface area contributed by atoms with E-state index in [9.17, 15) is 9.18 Å². The number of aryl methyl sites for hydroxylation is 1. The first kappa shape index (κ1) is 14.7. The summed E-state index contributed by atoms with van der Waals surface area (Å²) >= 11 is 1.34. The van der Waals surface area contributed by atoms with Crippen LogP contribution in [0.3, 0.4) is 0 Å². The molecule has 0 unspecified atom stereocenters. The van der Waals surface area contributed by atoms with Crippen LogP contribution in [0, 0.1) is 12.7 Å². The van der Waals surface area contributed by atoms with Crippen molar-refractivity contribution in [2.45, 2.75) is 33.1 Å². The van der Waals surface area contributed by atoms with Crippen LogP contribution in [0.2, 0.25) is 0 Å². The number of nitrogens with one attached hydrogen (secondary N) is 1. The number of benzene rings is 1. The summed E-state index contributed by atoms with van der Waals surface area (Å²) in [5.41, 5.74) is 1.71. The molecule has 1 amide bonds. The van der Waals surface area contributed by atoms with Gasteiger partial charge in [-0.2, -0.15) is 0 Å². The Morgan fingerprint density at radius 1 is 1.35 bits per heavy atom. The van der Waals surface area contributed by atoms with Gasteiger partial charge in [-0.05, 0) is 19.1 Å². The van der Waals surface area contributed by atoms with Gasteiger partial charge in [0.05, 0.1) is 11.3 Å². The summed E-state index contributed by atoms with van der Waals surface area (Å²) in [5.74, 6) is -0.998. The number of nitrogens with zero attached hydrogens (tertiary/aromatic N) is 1. The minimum atomic E-state index is -0.527. The second-order valence-electron chi connectivity index (χ2n) is 5.73. The molecule has 2 aromatic rings. The average Bonchev–Trinajstić information content (AvgIpc) is 2.80. The summed E-state index contributed by atoms with van der Waals surface area (Å²) in [5, 5.41) is 5.04. The molecule has 2 rings (SSSR count). The maximum Gasteiger partial charge on any atom is 0.260 e. The van der Waals surface area contributed by atoms with Crippen molar-refractivity contribution < 1.29 is 9.18 Å². The van der Waals surface area contributed by atoms with Gasteiger partial charge in [0, 0.05) is 10.8 Å². The van der Waals surface area contributed by atoms with E-state index >= 15 is 0 Å². The molecular weight excluding hydrogens is 275 g/mol. The fourth-order valence-electron chi connectivity index (χ4n) is 1.65. The van der Waals surface area contributed by atoms with Crippen molar-refractivity contribution in [2.75, 3.05) is 5.32 Å². The quantitative estimate of drug-likeness (QED) is 0.904. The number of thiazole rings is 1. The van der Waals surface area contributed by atoms with E-state index in [2.05, 4.69) is 10.3 Å². The number of anilines is 1. The van der Waals surface area contributed by atoms with E-state index in [1.54, 1.807) is 6.07 Å². The van der Waals surface area contributed by atoms with Crippen molar-refractivity contribution in [3.05, 3.63) is 46.2 Å². The molecule has 1 N–H and O–H groups in total. The Labute approximate surface area is 121 Å². The van der Waals surface area contributed by atoms with E-state index in [-0.39, 0.29) is 11.0 Å². The standard InChI is InChI=1S/C15H17FN2OS/c1-9-5-6-11(16)10(7-9)13(19)18-14-17-12(8-20-14)15(2,3)4/h5-8H,1-4H3,(H,17,18,19). The Morgan fingerprint density at radius 3 is 2.65 bits per heavy atom. The lowest BCUT2D eigenvalue weighted by Crippen LogP contribution is -2.15. The molecule has 20 heavy (non-hydrogen) atoms. The highest BCUT2D eigenvalue weighted by Gasteiger charge is 2.19. The van der Waals surface area contributed by atoms with E-state index < -0.39 is 11.7 Å². The number of carbonyl (C=O) groups excluding carboxylic acids is 1. The van der Waals surface area contributed by atoms with Crippen LogP contribution in [-0.4, -0.2) is 10.9 Å². The van der Waals surface area contributed by atoms with Crippen molar-refractivity contribution in [1.82, 2.24) is 4.98 Å². The van der Waals surface area contributed by atoms with Crippen LogP contribution < -0.4 is 5.32 Å². The minimum absolute atomic E-state index is 0.0394. The van der Waals surface area contributed by atoms with Crippen LogP contribution in [0.25, 0.3) is 0 Å². The molecule has 1 aromatic carbocycles. The molecule has 0 radical (unpaired) electrons. The lowest BCUT2D eigenvalue weighted by Gasteiger charge is -2.14. The van der Waals surface area contributed by atoms with Crippen LogP contribution in [0.5, 0.6) is 0 Å². The summed E-state index contributed by atoms with van der Waals surface area (Å²) in [6.45, 7) is 7.97. The van der Waals surface area contributed by atoms with Crippen molar-refractivity contribution >= 4 is 22.4 Å². The first-order valence-electron chi connectivity index (χ1n) is 6.31. The fraction of sp³-hybridized carbons (Fsp3) is 0.333. The predicted molar refractivity (Wildman–Crippen MR) is 79.9 cm³/mol. The van der Waals surface area contributed by atoms with Crippen molar-refractivity contribution in [2.24, 2.45) is 0 Å². The van der Waals surface area contributed by atoms with Crippen LogP contribution in [0.1, 0.15) is 42.4 Å². The van der Waals surface area contributed by atoms with E-state index in [0.717, 1.165) is 11.3 Å². The maximum absolute atomic E-state index is 13.6. The van der Waals surface area contributed by atoms with Crippen molar-refractivity contribution in [3.8, 4) is 0 Å². The van der Waals surface area contributed by atoms with Crippen LogP contribution >= 0.6 is 11.3 Å². The second-order valence-corrected chi connectivity index (χ2v) is 6.58. The first-order valence-corrected chi connectivity index (χ1v) is 7.19. The average molecular weight is 292 g/mol. The Morgan fingerprint density at radius 2 is 2.05 bits per heavy atom. The molecule has 0 aliphatic heterocycles. The first-order chi connectivity index (χ1) is 9.27. The third kappa shape index (κ3) is 3.22. The van der Waals surface area contributed by atoms with Gasteiger partial charge in [-0.1, -0.05) is 32.4 Å². The summed E-state index contributed by atoms with van der Waals surface area (Å²) in [4.78, 5) is 16.4. The topological polar surface area (TPSA) is 42.0 Å². The van der Waals surface area contributed by atoms with E-state index in [0.29, 0.717) is 5.13 Å². The number of hydrogen-bond acceptors (Lipinski definition) is 3. The SMILES string of the molecule is Cc1ccc(F)c(C(=O)Nc2nc(C(C)(C)C)cs2)c1. The zero-order chi connectivity index (χ0) is 14.9. The third-order valence-electron chi connectivity index (χ3n) is 2.86. The zero-order valence-electron chi connectivity index (χ0n) is 12.0. The molecule has 106 valence electrons. The van der Waals surface area contributed by atoms with Crippen molar-refractivity contribution in [1.29, 1.82) is 0 Å². The van der Waals surface area contributed by atoms with Gasteiger partial charge in [-0.15, -0.1) is 11.3 Å². The smallest absolute Gasteiger partial charge is 0.260 e. The number of hydrogen-bond donors (Lipinski definition) is 1. The number of halogens is 1. The fourth-order valence-corrected chi connectivity index (χ4v) is 2.59. The van der Waals surface area contributed by atoms with Gasteiger partial charge in [0.2, 0.25) is 0 Å². The molecule has 0 aliphatic carbocycles. The van der Waals surface area contributed by atoms with E-state index in [4.69, 9.17) is 0 Å². The minimum Gasteiger partial charge on any atom is -0.298 e. The predicted octanol–water partition coefficient (Wildman–Crippen LogP) is 4.14. The number of amides is 1. The highest BCUT2D eigenvalue weighted by molar-refractivity contribution is 7.14. The molecule has 3 nitrogen and oxygen atoms in total. The van der Waals surface area contributed by atoms with Gasteiger partial charge in [0.1, 0.15) is 5.82 Å². The molecule has 0 aliphatic rings. The van der Waals surface area contributed by atoms with Crippen LogP contribution in [0.15, 0.2) is 23.6 Å². The number of rotatable bonds is 2. The van der Waals surface area contributed by atoms with Gasteiger partial charge in [0.25, 0.3) is 5.91 Å². The highest BCUT2D eigenvalue weighted by Crippen LogP contribution is 2.26. The molecule has 0 saturated heterocycles. The molecule has 0 bridgehead atoms. The molecule has 0 atom stereocenters. The Kier molecular flexibility index (Phi) is 3.90. The summed E-state index contributed by atoms with van der Waals surface area (Å²) < 4.78 is 13.6. The van der Waals surface area contributed by atoms with E-state index in [1.165, 1.54) is 23.5 Å². The monoisotopic (exact) mass is 292 g/mol. The summed E-state index contributed by atoms with van der Waals surface area (Å²) in [6.07, 6.45) is 0. The maximum atomic E-state index is 13.6. The lowest BCUT2D eigenvalue weighted by atomic mass is 9.93. The van der Waals surface area contributed by atoms with Crippen molar-refractivity contribution in [3.63, 3.8) is 0 Å². The Balaban J connectivity index is 2.20. The second kappa shape index (κ2) is 5.32. The third-order valence-corrected chi connectivity index (χ3v) is 3.62. The van der Waals surface area contributed by atoms with Gasteiger partial charge < -0.3 is 0 Å². The van der Waals surface area contributed by atoms with Crippen LogP contribution in [0.4, 0.5) is 9.52 Å². The van der Waals surface area contributed by atoms with Gasteiger partial charge >= 0.3 is 0 Å². The molecule has 5 heteroatoms. The largest absolute Gasteiger partial charge is 0.298 e. The lowest BCUT2D eigenvalue weighted by molar-refractivity contribution is 0.102. The Hall–Kier alpha value is -1.75. The number of carbonyl (C=O) groups is 1. The zero-order valence-corrected chi connectivity index (χ0v) is 12.8. The summed E-state index contributed by atoms with van der Waals surface area (Å²) in [7, 11) is 0. The Bertz CT molecular complexity index is 644. The summed E-state index contributed by atoms with van der Waals surface area (Å²) in [6, 6.07) is 4.46. The van der Waals surface area contributed by atoms with Gasteiger partial charge in [-0.3, -0.25) is 10.1 Å². The van der Waals surface area contributed by atoms with Gasteiger partial charge in [-0.25, -0.2) is 9.37 Å². The molecular formula is C15H17FN2OS. The molecule has 0 fully saturated rings. The normalized spacial score (nSPS) is 11.4. The van der Waals surface area contributed by atoms with Gasteiger partial charge in [0.15, 0.2) is 5.13 Å². The van der Waals surface area contributed by atoms with E-state index in [1.807, 2.05) is 33.1 Å². The van der Waals surface area contributed by atoms with Crippen LogP contribution in [-0.2, 0) is 5.41 Å². The molecule has 0 saturated carbocycles. The highest BCUT2D eigenvalue weighted by atomic mass is 32.1. The molecule has 1 heterocycles. The number of aromatic nitrogens is 1. The molecule has 1 aromatic heterocycles. The molecule has 0 spiro atoms.